The number of nitrogens with one attached hydrogen (secondary N) is 1. The van der Waals surface area contributed by atoms with Gasteiger partial charge < -0.3 is 14.8 Å². The van der Waals surface area contributed by atoms with Gasteiger partial charge in [0.25, 0.3) is 0 Å². The van der Waals surface area contributed by atoms with Crippen LogP contribution in [0.25, 0.3) is 0 Å². The highest BCUT2D eigenvalue weighted by atomic mass is 35.5. The van der Waals surface area contributed by atoms with Crippen molar-refractivity contribution in [3.05, 3.63) is 57.6 Å². The van der Waals surface area contributed by atoms with Crippen molar-refractivity contribution in [1.29, 1.82) is 0 Å². The van der Waals surface area contributed by atoms with Gasteiger partial charge in [-0.1, -0.05) is 41.4 Å². The average Bonchev–Trinajstić information content (AvgIpc) is 2.49. The van der Waals surface area contributed by atoms with E-state index in [-0.39, 0.29) is 0 Å². The normalized spacial score (nSPS) is 10.5. The maximum absolute atomic E-state index is 6.25. The molecule has 0 spiro atoms. The van der Waals surface area contributed by atoms with Crippen molar-refractivity contribution in [2.45, 2.75) is 13.2 Å². The second-order valence-corrected chi connectivity index (χ2v) is 5.32. The highest BCUT2D eigenvalue weighted by Crippen LogP contribution is 2.34. The minimum absolute atomic E-state index is 0.359. The van der Waals surface area contributed by atoms with E-state index in [1.807, 2.05) is 37.4 Å². The largest absolute Gasteiger partial charge is 0.493 e. The summed E-state index contributed by atoms with van der Waals surface area (Å²) in [5, 5.41) is 4.38. The second-order valence-electron chi connectivity index (χ2n) is 4.50. The molecule has 1 N–H and O–H groups in total. The van der Waals surface area contributed by atoms with Gasteiger partial charge in [-0.3, -0.25) is 0 Å². The molecule has 0 amide bonds. The Morgan fingerprint density at radius 3 is 2.43 bits per heavy atom. The molecule has 2 aromatic rings. The number of ether oxygens (including phenoxy) is 2. The summed E-state index contributed by atoms with van der Waals surface area (Å²) >= 11 is 12.4. The minimum Gasteiger partial charge on any atom is -0.493 e. The van der Waals surface area contributed by atoms with Crippen LogP contribution in [0.3, 0.4) is 0 Å². The summed E-state index contributed by atoms with van der Waals surface area (Å²) in [6, 6.07) is 11.2. The zero-order valence-corrected chi connectivity index (χ0v) is 13.5. The van der Waals surface area contributed by atoms with E-state index < -0.39 is 0 Å². The third-order valence-electron chi connectivity index (χ3n) is 3.04. The molecule has 0 atom stereocenters. The van der Waals surface area contributed by atoms with E-state index in [0.29, 0.717) is 34.7 Å². The standard InChI is InChI=1S/C16H17Cl2NO2/c1-19-9-12-7-15(20-2)16(8-14(12)18)21-10-11-5-3-4-6-13(11)17/h3-8,19H,9-10H2,1-2H3. The van der Waals surface area contributed by atoms with Crippen LogP contribution in [-0.4, -0.2) is 14.2 Å². The summed E-state index contributed by atoms with van der Waals surface area (Å²) in [7, 11) is 3.47. The van der Waals surface area contributed by atoms with Gasteiger partial charge in [0, 0.05) is 28.2 Å². The lowest BCUT2D eigenvalue weighted by molar-refractivity contribution is 0.284. The van der Waals surface area contributed by atoms with E-state index in [0.717, 1.165) is 11.1 Å². The first-order valence-electron chi connectivity index (χ1n) is 6.53. The molecule has 0 aromatic heterocycles. The molecule has 0 unspecified atom stereocenters. The van der Waals surface area contributed by atoms with Crippen molar-refractivity contribution < 1.29 is 9.47 Å². The van der Waals surface area contributed by atoms with Crippen molar-refractivity contribution in [3.8, 4) is 11.5 Å². The first-order chi connectivity index (χ1) is 10.2. The van der Waals surface area contributed by atoms with Gasteiger partial charge in [0.15, 0.2) is 11.5 Å². The van der Waals surface area contributed by atoms with E-state index in [4.69, 9.17) is 32.7 Å². The molecule has 0 aliphatic rings. The zero-order chi connectivity index (χ0) is 15.2. The Balaban J connectivity index is 2.19. The maximum Gasteiger partial charge on any atom is 0.163 e. The number of halogens is 2. The number of benzene rings is 2. The molecule has 0 aliphatic carbocycles. The van der Waals surface area contributed by atoms with E-state index in [9.17, 15) is 0 Å². The van der Waals surface area contributed by atoms with Crippen LogP contribution in [0.1, 0.15) is 11.1 Å². The third-order valence-corrected chi connectivity index (χ3v) is 3.76. The Morgan fingerprint density at radius 2 is 1.76 bits per heavy atom. The van der Waals surface area contributed by atoms with Gasteiger partial charge in [-0.05, 0) is 24.7 Å². The fourth-order valence-electron chi connectivity index (χ4n) is 1.95. The van der Waals surface area contributed by atoms with Crippen molar-refractivity contribution in [3.63, 3.8) is 0 Å². The van der Waals surface area contributed by atoms with Gasteiger partial charge in [-0.25, -0.2) is 0 Å². The lowest BCUT2D eigenvalue weighted by Gasteiger charge is -2.14. The number of hydrogen-bond donors (Lipinski definition) is 1. The predicted molar refractivity (Wildman–Crippen MR) is 86.6 cm³/mol. The number of hydrogen-bond acceptors (Lipinski definition) is 3. The van der Waals surface area contributed by atoms with Gasteiger partial charge in [0.1, 0.15) is 6.61 Å². The van der Waals surface area contributed by atoms with Crippen LogP contribution in [0.5, 0.6) is 11.5 Å². The topological polar surface area (TPSA) is 30.5 Å². The third kappa shape index (κ3) is 4.03. The Hall–Kier alpha value is -1.42. The molecule has 0 saturated carbocycles. The quantitative estimate of drug-likeness (QED) is 0.858. The van der Waals surface area contributed by atoms with Gasteiger partial charge in [-0.2, -0.15) is 0 Å². The summed E-state index contributed by atoms with van der Waals surface area (Å²) < 4.78 is 11.2. The molecule has 0 radical (unpaired) electrons. The Bertz CT molecular complexity index is 617. The van der Waals surface area contributed by atoms with Crippen LogP contribution in [0.2, 0.25) is 10.0 Å². The smallest absolute Gasteiger partial charge is 0.163 e. The molecule has 5 heteroatoms. The lowest BCUT2D eigenvalue weighted by Crippen LogP contribution is -2.06. The van der Waals surface area contributed by atoms with Crippen LogP contribution in [0, 0.1) is 0 Å². The minimum atomic E-state index is 0.359. The lowest BCUT2D eigenvalue weighted by atomic mass is 10.2. The Kier molecular flexibility index (Phi) is 5.74. The predicted octanol–water partition coefficient (Wildman–Crippen LogP) is 4.30. The highest BCUT2D eigenvalue weighted by Gasteiger charge is 2.11. The molecule has 0 bridgehead atoms. The van der Waals surface area contributed by atoms with Crippen LogP contribution in [0.15, 0.2) is 36.4 Å². The molecule has 0 aliphatic heterocycles. The molecule has 0 saturated heterocycles. The van der Waals surface area contributed by atoms with E-state index >= 15 is 0 Å². The molecule has 112 valence electrons. The van der Waals surface area contributed by atoms with Gasteiger partial charge in [0.2, 0.25) is 0 Å². The summed E-state index contributed by atoms with van der Waals surface area (Å²) in [5.41, 5.74) is 1.87. The van der Waals surface area contributed by atoms with Crippen LogP contribution in [-0.2, 0) is 13.2 Å². The Morgan fingerprint density at radius 1 is 1.00 bits per heavy atom. The monoisotopic (exact) mass is 325 g/mol. The molecule has 0 heterocycles. The van der Waals surface area contributed by atoms with Gasteiger partial charge >= 0.3 is 0 Å². The molecule has 2 aromatic carbocycles. The highest BCUT2D eigenvalue weighted by molar-refractivity contribution is 6.31. The number of methoxy groups -OCH3 is 1. The molecular weight excluding hydrogens is 309 g/mol. The second kappa shape index (κ2) is 7.55. The van der Waals surface area contributed by atoms with Gasteiger partial charge in [-0.15, -0.1) is 0 Å². The first kappa shape index (κ1) is 16.0. The summed E-state index contributed by atoms with van der Waals surface area (Å²) in [6.45, 7) is 1.03. The first-order valence-corrected chi connectivity index (χ1v) is 7.28. The Labute approximate surface area is 134 Å². The van der Waals surface area contributed by atoms with Crippen molar-refractivity contribution in [2.24, 2.45) is 0 Å². The molecule has 2 rings (SSSR count). The average molecular weight is 326 g/mol. The fraction of sp³-hybridized carbons (Fsp3) is 0.250. The van der Waals surface area contributed by atoms with Crippen LogP contribution in [0.4, 0.5) is 0 Å². The summed E-state index contributed by atoms with van der Waals surface area (Å²) in [4.78, 5) is 0. The zero-order valence-electron chi connectivity index (χ0n) is 12.0. The molecular formula is C16H17Cl2NO2. The van der Waals surface area contributed by atoms with Crippen molar-refractivity contribution in [2.75, 3.05) is 14.2 Å². The fourth-order valence-corrected chi connectivity index (χ4v) is 2.36. The van der Waals surface area contributed by atoms with Crippen molar-refractivity contribution in [1.82, 2.24) is 5.32 Å². The summed E-state index contributed by atoms with van der Waals surface area (Å²) in [5.74, 6) is 1.25. The van der Waals surface area contributed by atoms with E-state index in [2.05, 4.69) is 5.32 Å². The van der Waals surface area contributed by atoms with Crippen molar-refractivity contribution >= 4 is 23.2 Å². The summed E-state index contributed by atoms with van der Waals surface area (Å²) in [6.07, 6.45) is 0. The van der Waals surface area contributed by atoms with Crippen LogP contribution < -0.4 is 14.8 Å². The van der Waals surface area contributed by atoms with E-state index in [1.54, 1.807) is 13.2 Å². The maximum atomic E-state index is 6.25. The van der Waals surface area contributed by atoms with Crippen LogP contribution >= 0.6 is 23.2 Å². The van der Waals surface area contributed by atoms with Gasteiger partial charge in [0.05, 0.1) is 7.11 Å². The van der Waals surface area contributed by atoms with E-state index in [1.165, 1.54) is 0 Å². The molecule has 21 heavy (non-hydrogen) atoms. The number of rotatable bonds is 6. The SMILES string of the molecule is CNCc1cc(OC)c(OCc2ccccc2Cl)cc1Cl. The molecule has 0 fully saturated rings. The molecule has 3 nitrogen and oxygen atoms in total.